The van der Waals surface area contributed by atoms with Crippen LogP contribution in [0, 0.1) is 17.1 Å². The number of hydrogen-bond donors (Lipinski definition) is 1. The first kappa shape index (κ1) is 27.9. The Balaban J connectivity index is 1.53. The van der Waals surface area contributed by atoms with E-state index < -0.39 is 29.3 Å². The minimum Gasteiger partial charge on any atom is -0.497 e. The van der Waals surface area contributed by atoms with Crippen molar-refractivity contribution in [1.29, 1.82) is 5.26 Å². The number of amides is 1. The van der Waals surface area contributed by atoms with Crippen LogP contribution in [0.1, 0.15) is 51.8 Å². The highest BCUT2D eigenvalue weighted by atomic mass is 19.4. The second-order valence-corrected chi connectivity index (χ2v) is 9.76. The van der Waals surface area contributed by atoms with Crippen LogP contribution < -0.4 is 10.1 Å². The summed E-state index contributed by atoms with van der Waals surface area (Å²) in [5.41, 5.74) is -0.164. The van der Waals surface area contributed by atoms with Gasteiger partial charge < -0.3 is 10.1 Å². The molecule has 4 aromatic rings. The molecule has 5 rings (SSSR count). The van der Waals surface area contributed by atoms with Crippen LogP contribution >= 0.6 is 0 Å². The van der Waals surface area contributed by atoms with Crippen LogP contribution in [0.15, 0.2) is 72.8 Å². The maximum Gasteiger partial charge on any atom is 0.435 e. The van der Waals surface area contributed by atoms with E-state index in [1.54, 1.807) is 13.2 Å². The van der Waals surface area contributed by atoms with Gasteiger partial charge in [-0.3, -0.25) is 9.69 Å². The fourth-order valence-electron chi connectivity index (χ4n) is 4.75. The van der Waals surface area contributed by atoms with Crippen molar-refractivity contribution in [2.24, 2.45) is 0 Å². The van der Waals surface area contributed by atoms with Gasteiger partial charge in [0.05, 0.1) is 36.2 Å². The number of nitrogens with zero attached hydrogens (tertiary/aromatic N) is 4. The number of halogens is 4. The van der Waals surface area contributed by atoms with E-state index in [4.69, 9.17) is 4.74 Å². The predicted octanol–water partition coefficient (Wildman–Crippen LogP) is 6.35. The van der Waals surface area contributed by atoms with E-state index >= 15 is 4.39 Å². The second kappa shape index (κ2) is 11.1. The van der Waals surface area contributed by atoms with Crippen LogP contribution in [0.4, 0.5) is 23.2 Å². The summed E-state index contributed by atoms with van der Waals surface area (Å²) < 4.78 is 61.9. The average Bonchev–Trinajstić information content (AvgIpc) is 3.71. The van der Waals surface area contributed by atoms with Gasteiger partial charge >= 0.3 is 6.18 Å². The highest BCUT2D eigenvalue weighted by Crippen LogP contribution is 2.39. The number of anilines is 1. The summed E-state index contributed by atoms with van der Waals surface area (Å²) in [7, 11) is 3.53. The van der Waals surface area contributed by atoms with Gasteiger partial charge in [-0.15, -0.1) is 0 Å². The molecule has 1 N–H and O–H groups in total. The number of carbonyl (C=O) groups excluding carboxylic acids is 1. The van der Waals surface area contributed by atoms with Gasteiger partial charge in [-0.25, -0.2) is 9.07 Å². The SMILES string of the molecule is COc1cccc(C(c2ccc(F)c(NC(=O)c3cc(C(F)(F)F)nn3-c3cccc(C#N)c3)c2)N(C)C2CC2)c1. The third kappa shape index (κ3) is 5.93. The highest BCUT2D eigenvalue weighted by Gasteiger charge is 2.37. The summed E-state index contributed by atoms with van der Waals surface area (Å²) >= 11 is 0. The Morgan fingerprint density at radius 1 is 1.10 bits per heavy atom. The normalized spacial score (nSPS) is 14.0. The minimum atomic E-state index is -4.84. The van der Waals surface area contributed by atoms with Crippen LogP contribution in [-0.2, 0) is 6.18 Å². The number of methoxy groups -OCH3 is 1. The van der Waals surface area contributed by atoms with Crippen LogP contribution in [0.5, 0.6) is 5.75 Å². The van der Waals surface area contributed by atoms with Gasteiger partial charge in [0.1, 0.15) is 17.3 Å². The van der Waals surface area contributed by atoms with Crippen LogP contribution in [0.3, 0.4) is 0 Å². The molecule has 7 nitrogen and oxygen atoms in total. The van der Waals surface area contributed by atoms with Gasteiger partial charge in [-0.2, -0.15) is 23.5 Å². The number of benzene rings is 3. The quantitative estimate of drug-likeness (QED) is 0.253. The third-order valence-corrected chi connectivity index (χ3v) is 6.95. The molecule has 210 valence electrons. The molecule has 3 aromatic carbocycles. The number of nitriles is 1. The van der Waals surface area contributed by atoms with Crippen LogP contribution in [0.25, 0.3) is 5.69 Å². The summed E-state index contributed by atoms with van der Waals surface area (Å²) in [6, 6.07) is 20.0. The van der Waals surface area contributed by atoms with E-state index in [0.29, 0.717) is 23.4 Å². The second-order valence-electron chi connectivity index (χ2n) is 9.76. The summed E-state index contributed by atoms with van der Waals surface area (Å²) in [6.45, 7) is 0. The third-order valence-electron chi connectivity index (χ3n) is 6.95. The largest absolute Gasteiger partial charge is 0.497 e. The lowest BCUT2D eigenvalue weighted by molar-refractivity contribution is -0.141. The van der Waals surface area contributed by atoms with Crippen LogP contribution in [0.2, 0.25) is 0 Å². The zero-order chi connectivity index (χ0) is 29.3. The Labute approximate surface area is 233 Å². The van der Waals surface area contributed by atoms with Crippen molar-refractivity contribution < 1.29 is 27.1 Å². The molecule has 0 radical (unpaired) electrons. The molecule has 1 aliphatic carbocycles. The Kier molecular flexibility index (Phi) is 7.51. The molecule has 0 bridgehead atoms. The lowest BCUT2D eigenvalue weighted by Gasteiger charge is -2.29. The fraction of sp³-hybridized carbons (Fsp3) is 0.233. The lowest BCUT2D eigenvalue weighted by Crippen LogP contribution is -2.28. The zero-order valence-electron chi connectivity index (χ0n) is 22.1. The molecule has 1 aromatic heterocycles. The molecular weight excluding hydrogens is 538 g/mol. The zero-order valence-corrected chi connectivity index (χ0v) is 22.1. The van der Waals surface area contributed by atoms with Gasteiger partial charge in [-0.1, -0.05) is 24.3 Å². The van der Waals surface area contributed by atoms with E-state index in [9.17, 15) is 23.2 Å². The number of hydrogen-bond acceptors (Lipinski definition) is 5. The molecule has 1 atom stereocenters. The summed E-state index contributed by atoms with van der Waals surface area (Å²) in [4.78, 5) is 15.5. The molecule has 1 amide bonds. The first-order chi connectivity index (χ1) is 19.6. The number of alkyl halides is 3. The maximum absolute atomic E-state index is 15.0. The smallest absolute Gasteiger partial charge is 0.435 e. The first-order valence-electron chi connectivity index (χ1n) is 12.7. The Morgan fingerprint density at radius 3 is 2.51 bits per heavy atom. The topological polar surface area (TPSA) is 83.2 Å². The summed E-state index contributed by atoms with van der Waals surface area (Å²) in [5, 5.41) is 15.2. The van der Waals surface area contributed by atoms with Crippen molar-refractivity contribution in [3.05, 3.63) is 107 Å². The van der Waals surface area contributed by atoms with Crippen molar-refractivity contribution in [2.75, 3.05) is 19.5 Å². The molecule has 11 heteroatoms. The average molecular weight is 564 g/mol. The Bertz CT molecular complexity index is 1640. The molecule has 0 saturated heterocycles. The van der Waals surface area contributed by atoms with Crippen molar-refractivity contribution in [2.45, 2.75) is 31.1 Å². The van der Waals surface area contributed by atoms with Crippen molar-refractivity contribution in [1.82, 2.24) is 14.7 Å². The van der Waals surface area contributed by atoms with E-state index in [-0.39, 0.29) is 23.0 Å². The number of aromatic nitrogens is 2. The standard InChI is InChI=1S/C30H25F4N5O2/c1-38(21-10-11-21)28(19-6-4-8-23(14-19)41-2)20-9-12-24(31)25(15-20)36-29(40)26-16-27(30(32,33)34)37-39(26)22-7-3-5-18(13-22)17-35/h3-9,12-16,21,28H,10-11H2,1-2H3,(H,36,40). The van der Waals surface area contributed by atoms with Crippen molar-refractivity contribution in [3.63, 3.8) is 0 Å². The molecule has 0 spiro atoms. The fourth-order valence-corrected chi connectivity index (χ4v) is 4.75. The molecule has 1 aliphatic rings. The van der Waals surface area contributed by atoms with Gasteiger partial charge in [0, 0.05) is 12.1 Å². The molecule has 0 aliphatic heterocycles. The molecule has 1 heterocycles. The highest BCUT2D eigenvalue weighted by molar-refractivity contribution is 6.03. The monoisotopic (exact) mass is 563 g/mol. The van der Waals surface area contributed by atoms with E-state index in [1.807, 2.05) is 37.4 Å². The number of carbonyl (C=O) groups is 1. The summed E-state index contributed by atoms with van der Waals surface area (Å²) in [6.07, 6.45) is -2.81. The van der Waals surface area contributed by atoms with Crippen LogP contribution in [-0.4, -0.2) is 40.8 Å². The number of ether oxygens (including phenoxy) is 1. The Hall–Kier alpha value is -4.69. The Morgan fingerprint density at radius 2 is 1.83 bits per heavy atom. The van der Waals surface area contributed by atoms with E-state index in [1.165, 1.54) is 36.4 Å². The molecule has 1 unspecified atom stereocenters. The summed E-state index contributed by atoms with van der Waals surface area (Å²) in [5.74, 6) is -1.10. The van der Waals surface area contributed by atoms with Crippen molar-refractivity contribution in [3.8, 4) is 17.5 Å². The maximum atomic E-state index is 15.0. The molecule has 1 fully saturated rings. The first-order valence-corrected chi connectivity index (χ1v) is 12.7. The molecule has 41 heavy (non-hydrogen) atoms. The number of nitrogens with one attached hydrogen (secondary N) is 1. The number of rotatable bonds is 8. The molecular formula is C30H25F4N5O2. The predicted molar refractivity (Wildman–Crippen MR) is 143 cm³/mol. The van der Waals surface area contributed by atoms with Gasteiger partial charge in [0.15, 0.2) is 5.69 Å². The van der Waals surface area contributed by atoms with Gasteiger partial charge in [0.25, 0.3) is 5.91 Å². The van der Waals surface area contributed by atoms with Crippen molar-refractivity contribution >= 4 is 11.6 Å². The van der Waals surface area contributed by atoms with E-state index in [0.717, 1.165) is 23.1 Å². The van der Waals surface area contributed by atoms with E-state index in [2.05, 4.69) is 15.3 Å². The van der Waals surface area contributed by atoms with Gasteiger partial charge in [0.2, 0.25) is 0 Å². The lowest BCUT2D eigenvalue weighted by atomic mass is 9.96. The van der Waals surface area contributed by atoms with Gasteiger partial charge in [-0.05, 0) is 73.5 Å². The minimum absolute atomic E-state index is 0.0723. The molecule has 1 saturated carbocycles.